The Morgan fingerprint density at radius 1 is 0.750 bits per heavy atom. The highest BCUT2D eigenvalue weighted by molar-refractivity contribution is 5.63. The van der Waals surface area contributed by atoms with E-state index in [1.807, 2.05) is 36.4 Å². The summed E-state index contributed by atoms with van der Waals surface area (Å²) in [6.07, 6.45) is 13.8. The summed E-state index contributed by atoms with van der Waals surface area (Å²) in [4.78, 5) is 0. The molecule has 1 saturated carbocycles. The zero-order valence-electron chi connectivity index (χ0n) is 17.3. The number of hydrogen-bond acceptors (Lipinski definition) is 1. The summed E-state index contributed by atoms with van der Waals surface area (Å²) in [5.74, 6) is 2.63. The Bertz CT molecular complexity index is 669. The van der Waals surface area contributed by atoms with Gasteiger partial charge >= 0.3 is 0 Å². The van der Waals surface area contributed by atoms with Crippen molar-refractivity contribution < 1.29 is 9.13 Å². The van der Waals surface area contributed by atoms with E-state index < -0.39 is 0 Å². The van der Waals surface area contributed by atoms with Crippen LogP contribution in [0.25, 0.3) is 11.1 Å². The molecule has 0 radical (unpaired) electrons. The van der Waals surface area contributed by atoms with Crippen molar-refractivity contribution in [3.63, 3.8) is 0 Å². The van der Waals surface area contributed by atoms with E-state index in [9.17, 15) is 4.39 Å². The maximum Gasteiger partial charge on any atom is 0.123 e. The number of hydrogen-bond donors (Lipinski definition) is 0. The fourth-order valence-electron chi connectivity index (χ4n) is 4.44. The van der Waals surface area contributed by atoms with Crippen molar-refractivity contribution in [1.82, 2.24) is 0 Å². The van der Waals surface area contributed by atoms with Gasteiger partial charge in [-0.3, -0.25) is 0 Å². The van der Waals surface area contributed by atoms with Gasteiger partial charge in [0, 0.05) is 0 Å². The van der Waals surface area contributed by atoms with Crippen LogP contribution >= 0.6 is 0 Å². The number of benzene rings is 2. The van der Waals surface area contributed by atoms with Crippen molar-refractivity contribution in [3.05, 3.63) is 54.3 Å². The molecule has 1 nitrogen and oxygen atoms in total. The van der Waals surface area contributed by atoms with Gasteiger partial charge in [0.2, 0.25) is 0 Å². The van der Waals surface area contributed by atoms with E-state index in [1.54, 1.807) is 0 Å². The van der Waals surface area contributed by atoms with Gasteiger partial charge in [-0.05, 0) is 60.1 Å². The Morgan fingerprint density at radius 3 is 1.86 bits per heavy atom. The van der Waals surface area contributed by atoms with Crippen molar-refractivity contribution in [3.8, 4) is 16.9 Å². The average molecular weight is 383 g/mol. The maximum atomic E-state index is 13.0. The monoisotopic (exact) mass is 382 g/mol. The normalized spacial score (nSPS) is 19.5. The van der Waals surface area contributed by atoms with E-state index in [0.717, 1.165) is 41.7 Å². The zero-order valence-corrected chi connectivity index (χ0v) is 17.3. The molecule has 0 aromatic heterocycles. The maximum absolute atomic E-state index is 13.0. The van der Waals surface area contributed by atoms with Crippen LogP contribution in [0.5, 0.6) is 5.75 Å². The molecule has 0 heterocycles. The van der Waals surface area contributed by atoms with Gasteiger partial charge in [-0.15, -0.1) is 0 Å². The minimum Gasteiger partial charge on any atom is -0.494 e. The van der Waals surface area contributed by atoms with Crippen LogP contribution in [0.4, 0.5) is 4.39 Å². The summed E-state index contributed by atoms with van der Waals surface area (Å²) in [6.45, 7) is 3.09. The summed E-state index contributed by atoms with van der Waals surface area (Å²) in [7, 11) is 0. The molecule has 0 spiro atoms. The van der Waals surface area contributed by atoms with Crippen LogP contribution in [0.1, 0.15) is 71.1 Å². The molecule has 0 atom stereocenters. The standard InChI is InChI=1S/C26H35FO/c1-2-3-4-6-21-8-10-22(11-9-21)7-5-20-28-26-18-14-24(15-19-26)23-12-16-25(27)17-13-23/h12-19,21-22H,2-11,20H2,1H3. The molecule has 2 aromatic carbocycles. The third-order valence-electron chi connectivity index (χ3n) is 6.24. The molecule has 3 rings (SSSR count). The van der Waals surface area contributed by atoms with Gasteiger partial charge in [0.05, 0.1) is 6.61 Å². The molecule has 0 aliphatic heterocycles. The van der Waals surface area contributed by atoms with E-state index in [2.05, 4.69) is 6.92 Å². The van der Waals surface area contributed by atoms with Crippen molar-refractivity contribution in [2.75, 3.05) is 6.61 Å². The van der Waals surface area contributed by atoms with Crippen molar-refractivity contribution >= 4 is 0 Å². The minimum atomic E-state index is -0.200. The van der Waals surface area contributed by atoms with E-state index in [0.29, 0.717) is 0 Å². The lowest BCUT2D eigenvalue weighted by Gasteiger charge is -2.28. The van der Waals surface area contributed by atoms with Gasteiger partial charge in [-0.25, -0.2) is 4.39 Å². The predicted molar refractivity (Wildman–Crippen MR) is 116 cm³/mol. The Balaban J connectivity index is 1.32. The first-order valence-electron chi connectivity index (χ1n) is 11.2. The molecular formula is C26H35FO. The Morgan fingerprint density at radius 2 is 1.29 bits per heavy atom. The first-order chi connectivity index (χ1) is 13.7. The Hall–Kier alpha value is -1.83. The zero-order chi connectivity index (χ0) is 19.6. The number of unbranched alkanes of at least 4 members (excludes halogenated alkanes) is 2. The van der Waals surface area contributed by atoms with Crippen LogP contribution in [0.3, 0.4) is 0 Å². The molecule has 0 bridgehead atoms. The van der Waals surface area contributed by atoms with Crippen molar-refractivity contribution in [2.45, 2.75) is 71.1 Å². The molecule has 28 heavy (non-hydrogen) atoms. The smallest absolute Gasteiger partial charge is 0.123 e. The molecule has 1 fully saturated rings. The molecule has 1 aliphatic carbocycles. The lowest BCUT2D eigenvalue weighted by atomic mass is 9.78. The van der Waals surface area contributed by atoms with E-state index >= 15 is 0 Å². The van der Waals surface area contributed by atoms with Crippen molar-refractivity contribution in [1.29, 1.82) is 0 Å². The highest BCUT2D eigenvalue weighted by Crippen LogP contribution is 2.34. The fourth-order valence-corrected chi connectivity index (χ4v) is 4.44. The third kappa shape index (κ3) is 6.65. The molecule has 0 amide bonds. The number of halogens is 1. The molecule has 0 unspecified atom stereocenters. The fraction of sp³-hybridized carbons (Fsp3) is 0.538. The summed E-state index contributed by atoms with van der Waals surface area (Å²) >= 11 is 0. The van der Waals surface area contributed by atoms with E-state index in [1.165, 1.54) is 69.9 Å². The van der Waals surface area contributed by atoms with Gasteiger partial charge in [-0.1, -0.05) is 82.6 Å². The molecule has 152 valence electrons. The van der Waals surface area contributed by atoms with E-state index in [4.69, 9.17) is 4.74 Å². The highest BCUT2D eigenvalue weighted by atomic mass is 19.1. The van der Waals surface area contributed by atoms with Crippen LogP contribution < -0.4 is 4.74 Å². The van der Waals surface area contributed by atoms with Crippen LogP contribution in [0, 0.1) is 17.7 Å². The first-order valence-corrected chi connectivity index (χ1v) is 11.2. The van der Waals surface area contributed by atoms with Crippen LogP contribution in [-0.4, -0.2) is 6.61 Å². The highest BCUT2D eigenvalue weighted by Gasteiger charge is 2.20. The summed E-state index contributed by atoms with van der Waals surface area (Å²) < 4.78 is 19.0. The average Bonchev–Trinajstić information content (AvgIpc) is 2.73. The SMILES string of the molecule is CCCCCC1CCC(CCCOc2ccc(-c3ccc(F)cc3)cc2)CC1. The molecule has 0 saturated heterocycles. The molecule has 0 N–H and O–H groups in total. The third-order valence-corrected chi connectivity index (χ3v) is 6.24. The summed E-state index contributed by atoms with van der Waals surface area (Å²) in [6, 6.07) is 14.7. The largest absolute Gasteiger partial charge is 0.494 e. The van der Waals surface area contributed by atoms with Gasteiger partial charge in [0.25, 0.3) is 0 Å². The van der Waals surface area contributed by atoms with Crippen LogP contribution in [0.15, 0.2) is 48.5 Å². The Kier molecular flexibility index (Phi) is 8.39. The molecule has 2 heteroatoms. The summed E-state index contributed by atoms with van der Waals surface area (Å²) in [5, 5.41) is 0. The topological polar surface area (TPSA) is 9.23 Å². The molecular weight excluding hydrogens is 347 g/mol. The van der Waals surface area contributed by atoms with Gasteiger partial charge in [-0.2, -0.15) is 0 Å². The second kappa shape index (κ2) is 11.2. The lowest BCUT2D eigenvalue weighted by molar-refractivity contribution is 0.228. The molecule has 2 aromatic rings. The minimum absolute atomic E-state index is 0.200. The quantitative estimate of drug-likeness (QED) is 0.378. The predicted octanol–water partition coefficient (Wildman–Crippen LogP) is 8.04. The van der Waals surface area contributed by atoms with Crippen LogP contribution in [0.2, 0.25) is 0 Å². The second-order valence-corrected chi connectivity index (χ2v) is 8.40. The van der Waals surface area contributed by atoms with Gasteiger partial charge < -0.3 is 4.74 Å². The first kappa shape index (κ1) is 20.9. The van der Waals surface area contributed by atoms with Crippen molar-refractivity contribution in [2.24, 2.45) is 11.8 Å². The second-order valence-electron chi connectivity index (χ2n) is 8.40. The van der Waals surface area contributed by atoms with Gasteiger partial charge in [0.15, 0.2) is 0 Å². The Labute approximate surface area is 170 Å². The number of ether oxygens (including phenoxy) is 1. The number of rotatable bonds is 10. The lowest BCUT2D eigenvalue weighted by Crippen LogP contribution is -2.15. The van der Waals surface area contributed by atoms with Crippen LogP contribution in [-0.2, 0) is 0 Å². The summed E-state index contributed by atoms with van der Waals surface area (Å²) in [5.41, 5.74) is 2.11. The van der Waals surface area contributed by atoms with E-state index in [-0.39, 0.29) is 5.82 Å². The molecule has 1 aliphatic rings. The van der Waals surface area contributed by atoms with Gasteiger partial charge in [0.1, 0.15) is 11.6 Å².